The normalized spacial score (nSPS) is 32.1. The monoisotopic (exact) mass is 254 g/mol. The van der Waals surface area contributed by atoms with Crippen molar-refractivity contribution in [3.05, 3.63) is 0 Å². The number of carboxylic acid groups (broad SMARTS) is 2. The molecule has 18 heavy (non-hydrogen) atoms. The zero-order valence-corrected chi connectivity index (χ0v) is 11.2. The van der Waals surface area contributed by atoms with E-state index in [0.717, 1.165) is 25.7 Å². The molecule has 4 unspecified atom stereocenters. The quantitative estimate of drug-likeness (QED) is 0.684. The van der Waals surface area contributed by atoms with E-state index in [4.69, 9.17) is 0 Å². The second-order valence-corrected chi connectivity index (χ2v) is 5.42. The summed E-state index contributed by atoms with van der Waals surface area (Å²) in [6.45, 7) is 4.14. The summed E-state index contributed by atoms with van der Waals surface area (Å²) in [5, 5.41) is 22.2. The third-order valence-corrected chi connectivity index (χ3v) is 4.19. The van der Waals surface area contributed by atoms with E-state index in [1.807, 2.05) is 0 Å². The highest BCUT2D eigenvalue weighted by Gasteiger charge is 2.37. The highest BCUT2D eigenvalue weighted by Crippen LogP contribution is 2.42. The van der Waals surface area contributed by atoms with Gasteiger partial charge >= 0.3 is 0 Å². The van der Waals surface area contributed by atoms with Gasteiger partial charge in [-0.3, -0.25) is 0 Å². The molecule has 1 aliphatic carbocycles. The van der Waals surface area contributed by atoms with Gasteiger partial charge in [0.2, 0.25) is 0 Å². The SMILES string of the molecule is CCCC1CC(C(=O)[O-])C(C(=O)[O-])CC1CCC. The lowest BCUT2D eigenvalue weighted by atomic mass is 9.65. The van der Waals surface area contributed by atoms with Gasteiger partial charge in [-0.25, -0.2) is 0 Å². The Kier molecular flexibility index (Phi) is 5.63. The summed E-state index contributed by atoms with van der Waals surface area (Å²) in [7, 11) is 0. The molecular weight excluding hydrogens is 232 g/mol. The summed E-state index contributed by atoms with van der Waals surface area (Å²) >= 11 is 0. The lowest BCUT2D eigenvalue weighted by molar-refractivity contribution is -0.329. The number of carboxylic acids is 2. The molecule has 0 saturated heterocycles. The van der Waals surface area contributed by atoms with Crippen molar-refractivity contribution in [1.82, 2.24) is 0 Å². The number of hydrogen-bond donors (Lipinski definition) is 0. The number of carbonyl (C=O) groups is 2. The van der Waals surface area contributed by atoms with Crippen molar-refractivity contribution in [2.45, 2.75) is 52.4 Å². The van der Waals surface area contributed by atoms with Crippen molar-refractivity contribution < 1.29 is 19.8 Å². The summed E-state index contributed by atoms with van der Waals surface area (Å²) in [4.78, 5) is 22.2. The lowest BCUT2D eigenvalue weighted by Gasteiger charge is -2.42. The predicted octanol–water partition coefficient (Wildman–Crippen LogP) is 0.345. The molecule has 1 saturated carbocycles. The van der Waals surface area contributed by atoms with Crippen molar-refractivity contribution in [3.63, 3.8) is 0 Å². The fourth-order valence-corrected chi connectivity index (χ4v) is 3.34. The van der Waals surface area contributed by atoms with E-state index in [0.29, 0.717) is 24.7 Å². The molecule has 4 heteroatoms. The molecule has 0 bridgehead atoms. The highest BCUT2D eigenvalue weighted by molar-refractivity contribution is 5.78. The number of aliphatic carboxylic acids is 2. The second kappa shape index (κ2) is 6.76. The average molecular weight is 254 g/mol. The van der Waals surface area contributed by atoms with Crippen LogP contribution in [-0.2, 0) is 9.59 Å². The minimum Gasteiger partial charge on any atom is -0.550 e. The van der Waals surface area contributed by atoms with Crippen molar-refractivity contribution in [1.29, 1.82) is 0 Å². The van der Waals surface area contributed by atoms with Crippen LogP contribution in [0.3, 0.4) is 0 Å². The molecular formula is C14H22O4-2. The summed E-state index contributed by atoms with van der Waals surface area (Å²) in [6.07, 6.45) is 4.79. The first-order valence-corrected chi connectivity index (χ1v) is 6.92. The van der Waals surface area contributed by atoms with Gasteiger partial charge in [0, 0.05) is 23.8 Å². The first-order chi connectivity index (χ1) is 8.51. The van der Waals surface area contributed by atoms with Gasteiger partial charge in [0.25, 0.3) is 0 Å². The third-order valence-electron chi connectivity index (χ3n) is 4.19. The van der Waals surface area contributed by atoms with Crippen LogP contribution in [0, 0.1) is 23.7 Å². The topological polar surface area (TPSA) is 80.3 Å². The molecule has 1 fully saturated rings. The first-order valence-electron chi connectivity index (χ1n) is 6.92. The summed E-state index contributed by atoms with van der Waals surface area (Å²) in [5.41, 5.74) is 0. The van der Waals surface area contributed by atoms with Crippen LogP contribution in [0.1, 0.15) is 52.4 Å². The van der Waals surface area contributed by atoms with Gasteiger partial charge in [0.1, 0.15) is 0 Å². The van der Waals surface area contributed by atoms with Gasteiger partial charge in [-0.15, -0.1) is 0 Å². The molecule has 4 nitrogen and oxygen atoms in total. The van der Waals surface area contributed by atoms with E-state index >= 15 is 0 Å². The summed E-state index contributed by atoms with van der Waals surface area (Å²) < 4.78 is 0. The first kappa shape index (κ1) is 15.0. The molecule has 0 radical (unpaired) electrons. The van der Waals surface area contributed by atoms with Crippen LogP contribution in [0.5, 0.6) is 0 Å². The van der Waals surface area contributed by atoms with E-state index in [2.05, 4.69) is 13.8 Å². The zero-order valence-electron chi connectivity index (χ0n) is 11.2. The zero-order chi connectivity index (χ0) is 13.7. The summed E-state index contributed by atoms with van der Waals surface area (Å²) in [5.74, 6) is -3.60. The highest BCUT2D eigenvalue weighted by atomic mass is 16.4. The van der Waals surface area contributed by atoms with E-state index < -0.39 is 23.8 Å². The predicted molar refractivity (Wildman–Crippen MR) is 63.0 cm³/mol. The molecule has 0 aromatic rings. The second-order valence-electron chi connectivity index (χ2n) is 5.42. The van der Waals surface area contributed by atoms with Crippen LogP contribution in [-0.4, -0.2) is 11.9 Å². The van der Waals surface area contributed by atoms with Gasteiger partial charge in [-0.05, 0) is 24.7 Å². The standard InChI is InChI=1S/C14H24O4/c1-3-5-9-7-11(13(15)16)12(14(17)18)8-10(9)6-4-2/h9-12H,3-8H2,1-2H3,(H,15,16)(H,17,18)/p-2. The minimum atomic E-state index is -1.24. The van der Waals surface area contributed by atoms with Crippen LogP contribution in [0.2, 0.25) is 0 Å². The van der Waals surface area contributed by atoms with Gasteiger partial charge in [-0.1, -0.05) is 39.5 Å². The van der Waals surface area contributed by atoms with Crippen LogP contribution < -0.4 is 10.2 Å². The molecule has 0 aromatic heterocycles. The molecule has 0 amide bonds. The van der Waals surface area contributed by atoms with Crippen molar-refractivity contribution >= 4 is 11.9 Å². The molecule has 0 N–H and O–H groups in total. The largest absolute Gasteiger partial charge is 0.550 e. The Hall–Kier alpha value is -1.06. The van der Waals surface area contributed by atoms with E-state index in [1.54, 1.807) is 0 Å². The van der Waals surface area contributed by atoms with Crippen molar-refractivity contribution in [2.75, 3.05) is 0 Å². The van der Waals surface area contributed by atoms with Gasteiger partial charge in [0.15, 0.2) is 0 Å². The maximum absolute atomic E-state index is 11.1. The van der Waals surface area contributed by atoms with Crippen LogP contribution >= 0.6 is 0 Å². The van der Waals surface area contributed by atoms with Gasteiger partial charge < -0.3 is 19.8 Å². The molecule has 1 rings (SSSR count). The van der Waals surface area contributed by atoms with Gasteiger partial charge in [-0.2, -0.15) is 0 Å². The molecule has 0 spiro atoms. The Morgan fingerprint density at radius 3 is 1.44 bits per heavy atom. The Morgan fingerprint density at radius 2 is 1.22 bits per heavy atom. The summed E-state index contributed by atoms with van der Waals surface area (Å²) in [6, 6.07) is 0. The minimum absolute atomic E-state index is 0.313. The lowest BCUT2D eigenvalue weighted by Crippen LogP contribution is -2.49. The average Bonchev–Trinajstić information content (AvgIpc) is 2.30. The van der Waals surface area contributed by atoms with Crippen molar-refractivity contribution in [2.24, 2.45) is 23.7 Å². The number of rotatable bonds is 6. The number of carbonyl (C=O) groups excluding carboxylic acids is 2. The molecule has 0 aliphatic heterocycles. The Bertz CT molecular complexity index is 270. The van der Waals surface area contributed by atoms with Crippen LogP contribution in [0.4, 0.5) is 0 Å². The maximum atomic E-state index is 11.1. The number of hydrogen-bond acceptors (Lipinski definition) is 4. The molecule has 0 heterocycles. The van der Waals surface area contributed by atoms with E-state index in [-0.39, 0.29) is 0 Å². The molecule has 4 atom stereocenters. The Morgan fingerprint density at radius 1 is 0.889 bits per heavy atom. The third kappa shape index (κ3) is 3.47. The maximum Gasteiger partial charge on any atom is 0.0451 e. The fourth-order valence-electron chi connectivity index (χ4n) is 3.34. The smallest absolute Gasteiger partial charge is 0.0451 e. The van der Waals surface area contributed by atoms with E-state index in [1.165, 1.54) is 0 Å². The molecule has 1 aliphatic rings. The van der Waals surface area contributed by atoms with Crippen LogP contribution in [0.15, 0.2) is 0 Å². The van der Waals surface area contributed by atoms with Gasteiger partial charge in [0.05, 0.1) is 0 Å². The molecule has 104 valence electrons. The fraction of sp³-hybridized carbons (Fsp3) is 0.857. The Labute approximate surface area is 108 Å². The van der Waals surface area contributed by atoms with Crippen molar-refractivity contribution in [3.8, 4) is 0 Å². The molecule has 0 aromatic carbocycles. The Balaban J connectivity index is 2.83. The van der Waals surface area contributed by atoms with Crippen LogP contribution in [0.25, 0.3) is 0 Å². The van der Waals surface area contributed by atoms with E-state index in [9.17, 15) is 19.8 Å².